The van der Waals surface area contributed by atoms with Gasteiger partial charge in [0, 0.05) is 11.6 Å². The summed E-state index contributed by atoms with van der Waals surface area (Å²) < 4.78 is 21.6. The Morgan fingerprint density at radius 1 is 1.00 bits per heavy atom. The highest BCUT2D eigenvalue weighted by molar-refractivity contribution is 5.93. The molecular formula is C22H22O12. The maximum Gasteiger partial charge on any atom is 0.239 e. The third-order valence-electron chi connectivity index (χ3n) is 5.47. The van der Waals surface area contributed by atoms with Crippen molar-refractivity contribution in [3.05, 3.63) is 40.6 Å². The lowest BCUT2D eigenvalue weighted by Crippen LogP contribution is -2.60. The van der Waals surface area contributed by atoms with E-state index in [4.69, 9.17) is 18.6 Å². The van der Waals surface area contributed by atoms with Crippen molar-refractivity contribution in [3.8, 4) is 40.1 Å². The number of hydrogen-bond donors (Lipinski definition) is 7. The first-order valence-corrected chi connectivity index (χ1v) is 10.0. The molecule has 7 N–H and O–H groups in total. The van der Waals surface area contributed by atoms with E-state index in [1.807, 2.05) is 0 Å². The predicted molar refractivity (Wildman–Crippen MR) is 114 cm³/mol. The van der Waals surface area contributed by atoms with E-state index in [1.54, 1.807) is 0 Å². The van der Waals surface area contributed by atoms with E-state index in [1.165, 1.54) is 31.4 Å². The van der Waals surface area contributed by atoms with Crippen molar-refractivity contribution in [1.29, 1.82) is 0 Å². The minimum Gasteiger partial charge on any atom is -0.508 e. The van der Waals surface area contributed by atoms with Crippen molar-refractivity contribution >= 4 is 11.0 Å². The Balaban J connectivity index is 1.93. The lowest BCUT2D eigenvalue weighted by molar-refractivity contribution is -0.277. The number of rotatable bonds is 5. The molecule has 34 heavy (non-hydrogen) atoms. The number of benzene rings is 2. The van der Waals surface area contributed by atoms with Gasteiger partial charge in [-0.15, -0.1) is 0 Å². The van der Waals surface area contributed by atoms with Gasteiger partial charge < -0.3 is 54.4 Å². The molecule has 1 aromatic heterocycles. The molecule has 0 bridgehead atoms. The summed E-state index contributed by atoms with van der Waals surface area (Å²) in [5.74, 6) is -2.31. The van der Waals surface area contributed by atoms with Gasteiger partial charge in [-0.2, -0.15) is 0 Å². The largest absolute Gasteiger partial charge is 0.508 e. The number of aliphatic hydroxyl groups is 4. The van der Waals surface area contributed by atoms with Crippen LogP contribution in [0.15, 0.2) is 39.5 Å². The number of ether oxygens (including phenoxy) is 3. The van der Waals surface area contributed by atoms with Crippen molar-refractivity contribution in [1.82, 2.24) is 0 Å². The molecule has 5 atom stereocenters. The summed E-state index contributed by atoms with van der Waals surface area (Å²) in [6, 6.07) is 6.32. The van der Waals surface area contributed by atoms with Crippen LogP contribution in [0.25, 0.3) is 22.3 Å². The third-order valence-corrected chi connectivity index (χ3v) is 5.47. The zero-order valence-electron chi connectivity index (χ0n) is 17.7. The monoisotopic (exact) mass is 478 g/mol. The summed E-state index contributed by atoms with van der Waals surface area (Å²) in [5, 5.41) is 69.8. The van der Waals surface area contributed by atoms with Gasteiger partial charge >= 0.3 is 0 Å². The maximum absolute atomic E-state index is 13.4. The van der Waals surface area contributed by atoms with Gasteiger partial charge in [-0.25, -0.2) is 0 Å². The van der Waals surface area contributed by atoms with Gasteiger partial charge in [0.2, 0.25) is 23.2 Å². The highest BCUT2D eigenvalue weighted by Crippen LogP contribution is 2.43. The highest BCUT2D eigenvalue weighted by atomic mass is 16.7. The van der Waals surface area contributed by atoms with E-state index in [2.05, 4.69) is 0 Å². The number of aliphatic hydroxyl groups excluding tert-OH is 4. The fourth-order valence-electron chi connectivity index (χ4n) is 3.64. The van der Waals surface area contributed by atoms with Crippen LogP contribution < -0.4 is 14.9 Å². The van der Waals surface area contributed by atoms with Crippen molar-refractivity contribution in [2.45, 2.75) is 30.7 Å². The van der Waals surface area contributed by atoms with Crippen molar-refractivity contribution in [3.63, 3.8) is 0 Å². The number of methoxy groups -OCH3 is 1. The zero-order valence-corrected chi connectivity index (χ0v) is 17.7. The van der Waals surface area contributed by atoms with E-state index in [0.717, 1.165) is 6.07 Å². The molecule has 1 saturated heterocycles. The lowest BCUT2D eigenvalue weighted by atomic mass is 9.99. The van der Waals surface area contributed by atoms with Crippen LogP contribution in [0.5, 0.6) is 28.7 Å². The normalized spacial score (nSPS) is 24.8. The second-order valence-electron chi connectivity index (χ2n) is 7.60. The molecule has 0 spiro atoms. The number of hydrogen-bond acceptors (Lipinski definition) is 12. The Bertz CT molecular complexity index is 1250. The molecule has 3 aromatic rings. The number of aromatic hydroxyl groups is 3. The van der Waals surface area contributed by atoms with Gasteiger partial charge in [-0.05, 0) is 24.3 Å². The van der Waals surface area contributed by atoms with Crippen LogP contribution in [0.2, 0.25) is 0 Å². The van der Waals surface area contributed by atoms with Crippen LogP contribution in [0, 0.1) is 0 Å². The Kier molecular flexibility index (Phi) is 6.25. The third kappa shape index (κ3) is 3.87. The van der Waals surface area contributed by atoms with Gasteiger partial charge in [0.05, 0.1) is 13.7 Å². The average Bonchev–Trinajstić information content (AvgIpc) is 2.83. The van der Waals surface area contributed by atoms with Gasteiger partial charge in [-0.1, -0.05) is 0 Å². The number of phenols is 3. The summed E-state index contributed by atoms with van der Waals surface area (Å²) in [6.45, 7) is -0.726. The molecular weight excluding hydrogens is 456 g/mol. The Morgan fingerprint density at radius 2 is 1.68 bits per heavy atom. The topological polar surface area (TPSA) is 200 Å². The van der Waals surface area contributed by atoms with Gasteiger partial charge in [0.1, 0.15) is 41.3 Å². The van der Waals surface area contributed by atoms with E-state index in [0.29, 0.717) is 0 Å². The first-order chi connectivity index (χ1) is 16.2. The van der Waals surface area contributed by atoms with Crippen LogP contribution in [0.3, 0.4) is 0 Å². The van der Waals surface area contributed by atoms with Crippen molar-refractivity contribution in [2.24, 2.45) is 0 Å². The molecule has 0 radical (unpaired) electrons. The molecule has 4 rings (SSSR count). The van der Waals surface area contributed by atoms with E-state index < -0.39 is 71.0 Å². The Morgan fingerprint density at radius 3 is 2.29 bits per heavy atom. The molecule has 0 amide bonds. The number of phenolic OH excluding ortho intramolecular Hbond substituents is 3. The second kappa shape index (κ2) is 9.00. The Hall–Kier alpha value is -3.55. The fourth-order valence-corrected chi connectivity index (χ4v) is 3.64. The average molecular weight is 478 g/mol. The van der Waals surface area contributed by atoms with Crippen molar-refractivity contribution in [2.75, 3.05) is 13.7 Å². The highest BCUT2D eigenvalue weighted by Gasteiger charge is 2.45. The predicted octanol–water partition coefficient (Wildman–Crippen LogP) is -0.236. The first-order valence-electron chi connectivity index (χ1n) is 10.0. The molecule has 1 fully saturated rings. The van der Waals surface area contributed by atoms with Crippen molar-refractivity contribution < 1.29 is 54.4 Å². The van der Waals surface area contributed by atoms with E-state index in [-0.39, 0.29) is 22.8 Å². The summed E-state index contributed by atoms with van der Waals surface area (Å²) in [6.07, 6.45) is -8.31. The molecule has 1 aliphatic heterocycles. The molecule has 2 aromatic carbocycles. The standard InChI is InChI=1S/C22H22O12/c1-31-11-6-10(25)13-16(28)21(34-22-18(30)17(29)14(26)12(7-23)32-22)19(33-20(13)15(11)27)8-2-4-9(24)5-3-8/h2-6,12,14,17-18,22-27,29-30H,7H2,1H3/t12-,14-,17+,18-,22+/m1/s1. The molecule has 0 aliphatic carbocycles. The molecule has 12 heteroatoms. The molecule has 182 valence electrons. The molecule has 2 heterocycles. The summed E-state index contributed by atoms with van der Waals surface area (Å²) in [7, 11) is 1.23. The first kappa shape index (κ1) is 23.6. The van der Waals surface area contributed by atoms with E-state index in [9.17, 15) is 40.5 Å². The fraction of sp³-hybridized carbons (Fsp3) is 0.318. The van der Waals surface area contributed by atoms with Gasteiger partial charge in [0.15, 0.2) is 17.1 Å². The van der Waals surface area contributed by atoms with Crippen LogP contribution in [0.4, 0.5) is 0 Å². The second-order valence-corrected chi connectivity index (χ2v) is 7.60. The lowest BCUT2D eigenvalue weighted by Gasteiger charge is -2.39. The van der Waals surface area contributed by atoms with Crippen LogP contribution in [-0.2, 0) is 4.74 Å². The van der Waals surface area contributed by atoms with Crippen LogP contribution in [-0.4, -0.2) is 80.2 Å². The maximum atomic E-state index is 13.4. The quantitative estimate of drug-likeness (QED) is 0.238. The molecule has 0 unspecified atom stereocenters. The number of fused-ring (bicyclic) bond motifs is 1. The Labute approximate surface area is 191 Å². The van der Waals surface area contributed by atoms with Crippen LogP contribution in [0.1, 0.15) is 0 Å². The molecule has 1 aliphatic rings. The smallest absolute Gasteiger partial charge is 0.239 e. The zero-order chi connectivity index (χ0) is 24.7. The molecule has 12 nitrogen and oxygen atoms in total. The minimum atomic E-state index is -1.83. The minimum absolute atomic E-state index is 0.0922. The van der Waals surface area contributed by atoms with Gasteiger partial charge in [0.25, 0.3) is 0 Å². The summed E-state index contributed by atoms with van der Waals surface area (Å²) in [5.41, 5.74) is -1.21. The van der Waals surface area contributed by atoms with Gasteiger partial charge in [-0.3, -0.25) is 4.79 Å². The summed E-state index contributed by atoms with van der Waals surface area (Å²) >= 11 is 0. The van der Waals surface area contributed by atoms with Crippen LogP contribution >= 0.6 is 0 Å². The SMILES string of the molecule is COc1cc(O)c2c(=O)c(O[C@@H]3O[C@H](CO)[C@@H](O)[C@H](O)[C@H]3O)c(-c3ccc(O)cc3)oc2c1O. The summed E-state index contributed by atoms with van der Waals surface area (Å²) in [4.78, 5) is 13.4. The van der Waals surface area contributed by atoms with E-state index >= 15 is 0 Å². The molecule has 0 saturated carbocycles.